The van der Waals surface area contributed by atoms with Crippen LogP contribution in [0.2, 0.25) is 0 Å². The highest BCUT2D eigenvalue weighted by molar-refractivity contribution is 5.66. The fraction of sp³-hybridized carbons (Fsp3) is 0.400. The summed E-state index contributed by atoms with van der Waals surface area (Å²) in [6.07, 6.45) is 1.08. The van der Waals surface area contributed by atoms with Gasteiger partial charge >= 0.3 is 0 Å². The number of fused-ring (bicyclic) bond motifs is 1. The van der Waals surface area contributed by atoms with Crippen LogP contribution in [0.1, 0.15) is 11.1 Å². The third kappa shape index (κ3) is 1.47. The minimum absolute atomic E-state index is 0.703. The van der Waals surface area contributed by atoms with E-state index in [2.05, 4.69) is 11.9 Å². The normalized spacial score (nSPS) is 17.0. The summed E-state index contributed by atoms with van der Waals surface area (Å²) in [7, 11) is 2.12. The van der Waals surface area contributed by atoms with Crippen LogP contribution in [-0.4, -0.2) is 18.5 Å². The van der Waals surface area contributed by atoms with E-state index >= 15 is 0 Å². The molecule has 1 aliphatic heterocycles. The van der Waals surface area contributed by atoms with Crippen molar-refractivity contribution in [3.8, 4) is 0 Å². The van der Waals surface area contributed by atoms with Gasteiger partial charge in [-0.3, -0.25) is 0 Å². The van der Waals surface area contributed by atoms with Crippen LogP contribution in [0.5, 0.6) is 0 Å². The Hall–Kier alpha value is -1.22. The monoisotopic (exact) mass is 177 g/mol. The van der Waals surface area contributed by atoms with Crippen LogP contribution in [0.3, 0.4) is 0 Å². The molecule has 1 aromatic rings. The number of benzene rings is 1. The summed E-state index contributed by atoms with van der Waals surface area (Å²) in [6.45, 7) is 2.09. The lowest BCUT2D eigenvalue weighted by molar-refractivity contribution is 0.313. The van der Waals surface area contributed by atoms with Crippen molar-refractivity contribution in [3.63, 3.8) is 0 Å². The second-order valence-corrected chi connectivity index (χ2v) is 3.74. The van der Waals surface area contributed by atoms with Crippen molar-refractivity contribution in [2.45, 2.75) is 13.0 Å². The van der Waals surface area contributed by atoms with Gasteiger partial charge in [0.25, 0.3) is 0 Å². The summed E-state index contributed by atoms with van der Waals surface area (Å²) in [5.41, 5.74) is 15.6. The maximum atomic E-state index is 5.75. The van der Waals surface area contributed by atoms with E-state index in [0.29, 0.717) is 11.4 Å². The Morgan fingerprint density at radius 3 is 2.46 bits per heavy atom. The smallest absolute Gasteiger partial charge is 0.0551 e. The lowest BCUT2D eigenvalue weighted by atomic mass is 9.98. The van der Waals surface area contributed by atoms with Gasteiger partial charge in [0.05, 0.1) is 11.4 Å². The SMILES string of the molecule is CN1CCc2cc(N)c(N)cc2C1. The predicted molar refractivity (Wildman–Crippen MR) is 55.3 cm³/mol. The molecule has 0 amide bonds. The fourth-order valence-corrected chi connectivity index (χ4v) is 1.79. The zero-order valence-corrected chi connectivity index (χ0v) is 7.88. The van der Waals surface area contributed by atoms with Crippen LogP contribution >= 0.6 is 0 Å². The number of anilines is 2. The molecule has 4 N–H and O–H groups in total. The molecule has 0 aliphatic carbocycles. The molecule has 3 nitrogen and oxygen atoms in total. The van der Waals surface area contributed by atoms with Crippen LogP contribution in [-0.2, 0) is 13.0 Å². The Morgan fingerprint density at radius 1 is 1.15 bits per heavy atom. The average molecular weight is 177 g/mol. The largest absolute Gasteiger partial charge is 0.397 e. The van der Waals surface area contributed by atoms with E-state index in [4.69, 9.17) is 11.5 Å². The van der Waals surface area contributed by atoms with Gasteiger partial charge in [0, 0.05) is 13.1 Å². The van der Waals surface area contributed by atoms with Crippen molar-refractivity contribution in [1.82, 2.24) is 4.90 Å². The van der Waals surface area contributed by atoms with E-state index in [0.717, 1.165) is 19.5 Å². The Bertz CT molecular complexity index is 333. The second kappa shape index (κ2) is 2.92. The summed E-state index contributed by atoms with van der Waals surface area (Å²) in [5.74, 6) is 0. The second-order valence-electron chi connectivity index (χ2n) is 3.74. The van der Waals surface area contributed by atoms with E-state index in [1.807, 2.05) is 12.1 Å². The Labute approximate surface area is 78.3 Å². The number of nitrogens with two attached hydrogens (primary N) is 2. The molecule has 0 saturated heterocycles. The molecule has 3 heteroatoms. The van der Waals surface area contributed by atoms with Crippen molar-refractivity contribution < 1.29 is 0 Å². The topological polar surface area (TPSA) is 55.3 Å². The van der Waals surface area contributed by atoms with Crippen LogP contribution < -0.4 is 11.5 Å². The molecule has 70 valence electrons. The van der Waals surface area contributed by atoms with Gasteiger partial charge in [-0.2, -0.15) is 0 Å². The molecule has 2 rings (SSSR count). The number of nitrogens with zero attached hydrogens (tertiary/aromatic N) is 1. The van der Waals surface area contributed by atoms with Gasteiger partial charge in [0.2, 0.25) is 0 Å². The zero-order chi connectivity index (χ0) is 9.42. The van der Waals surface area contributed by atoms with E-state index in [9.17, 15) is 0 Å². The number of hydrogen-bond donors (Lipinski definition) is 2. The van der Waals surface area contributed by atoms with Gasteiger partial charge in [-0.05, 0) is 36.7 Å². The molecular formula is C10H15N3. The minimum Gasteiger partial charge on any atom is -0.397 e. The van der Waals surface area contributed by atoms with Crippen molar-refractivity contribution in [3.05, 3.63) is 23.3 Å². The number of nitrogen functional groups attached to an aromatic ring is 2. The maximum absolute atomic E-state index is 5.75. The molecule has 13 heavy (non-hydrogen) atoms. The Kier molecular flexibility index (Phi) is 1.88. The molecule has 0 bridgehead atoms. The van der Waals surface area contributed by atoms with Gasteiger partial charge in [0.15, 0.2) is 0 Å². The van der Waals surface area contributed by atoms with Crippen molar-refractivity contribution >= 4 is 11.4 Å². The first-order valence-corrected chi connectivity index (χ1v) is 4.52. The molecule has 0 atom stereocenters. The molecule has 0 saturated carbocycles. The summed E-state index contributed by atoms with van der Waals surface area (Å²) >= 11 is 0. The highest BCUT2D eigenvalue weighted by Crippen LogP contribution is 2.25. The van der Waals surface area contributed by atoms with Gasteiger partial charge in [-0.1, -0.05) is 0 Å². The van der Waals surface area contributed by atoms with E-state index in [1.165, 1.54) is 11.1 Å². The van der Waals surface area contributed by atoms with E-state index in [1.54, 1.807) is 0 Å². The summed E-state index contributed by atoms with van der Waals surface area (Å²) in [4.78, 5) is 2.29. The lowest BCUT2D eigenvalue weighted by Crippen LogP contribution is -2.26. The van der Waals surface area contributed by atoms with Crippen LogP contribution in [0.15, 0.2) is 12.1 Å². The fourth-order valence-electron chi connectivity index (χ4n) is 1.79. The van der Waals surface area contributed by atoms with Crippen LogP contribution in [0, 0.1) is 0 Å². The standard InChI is InChI=1S/C10H15N3/c1-13-3-2-7-4-9(11)10(12)5-8(7)6-13/h4-5H,2-3,6,11-12H2,1H3. The molecule has 0 fully saturated rings. The first kappa shape index (κ1) is 8.38. The first-order chi connectivity index (χ1) is 6.16. The molecule has 1 aromatic carbocycles. The molecule has 0 spiro atoms. The molecule has 0 aromatic heterocycles. The van der Waals surface area contributed by atoms with Gasteiger partial charge in [0.1, 0.15) is 0 Å². The van der Waals surface area contributed by atoms with Gasteiger partial charge < -0.3 is 16.4 Å². The maximum Gasteiger partial charge on any atom is 0.0551 e. The van der Waals surface area contributed by atoms with Crippen molar-refractivity contribution in [2.24, 2.45) is 0 Å². The number of hydrogen-bond acceptors (Lipinski definition) is 3. The molecule has 1 heterocycles. The van der Waals surface area contributed by atoms with Gasteiger partial charge in [-0.15, -0.1) is 0 Å². The highest BCUT2D eigenvalue weighted by atomic mass is 15.1. The van der Waals surface area contributed by atoms with Crippen molar-refractivity contribution in [2.75, 3.05) is 25.1 Å². The zero-order valence-electron chi connectivity index (χ0n) is 7.88. The highest BCUT2D eigenvalue weighted by Gasteiger charge is 2.13. The first-order valence-electron chi connectivity index (χ1n) is 4.52. The molecular weight excluding hydrogens is 162 g/mol. The third-order valence-corrected chi connectivity index (χ3v) is 2.61. The van der Waals surface area contributed by atoms with Crippen LogP contribution in [0.4, 0.5) is 11.4 Å². The van der Waals surface area contributed by atoms with Crippen LogP contribution in [0.25, 0.3) is 0 Å². The predicted octanol–water partition coefficient (Wildman–Crippen LogP) is 0.839. The summed E-state index contributed by atoms with van der Waals surface area (Å²) < 4.78 is 0. The Morgan fingerprint density at radius 2 is 1.77 bits per heavy atom. The number of rotatable bonds is 0. The molecule has 1 aliphatic rings. The molecule has 0 unspecified atom stereocenters. The van der Waals surface area contributed by atoms with Gasteiger partial charge in [-0.25, -0.2) is 0 Å². The summed E-state index contributed by atoms with van der Waals surface area (Å²) in [5, 5.41) is 0. The quantitative estimate of drug-likeness (QED) is 0.577. The lowest BCUT2D eigenvalue weighted by Gasteiger charge is -2.25. The van der Waals surface area contributed by atoms with Crippen molar-refractivity contribution in [1.29, 1.82) is 0 Å². The van der Waals surface area contributed by atoms with E-state index < -0.39 is 0 Å². The average Bonchev–Trinajstić information content (AvgIpc) is 2.08. The molecule has 0 radical (unpaired) electrons. The third-order valence-electron chi connectivity index (χ3n) is 2.61. The van der Waals surface area contributed by atoms with E-state index in [-0.39, 0.29) is 0 Å². The summed E-state index contributed by atoms with van der Waals surface area (Å²) in [6, 6.07) is 4.01. The minimum atomic E-state index is 0.703. The number of likely N-dealkylation sites (N-methyl/N-ethyl adjacent to an activating group) is 1. The Balaban J connectivity index is 2.43.